The summed E-state index contributed by atoms with van der Waals surface area (Å²) in [6.45, 7) is 0.511. The van der Waals surface area contributed by atoms with Crippen LogP contribution in [0, 0.1) is 0 Å². The Balaban J connectivity index is 2.41. The van der Waals surface area contributed by atoms with Crippen molar-refractivity contribution < 1.29 is 4.74 Å². The third kappa shape index (κ3) is 1.92. The molecule has 1 aromatic heterocycles. The van der Waals surface area contributed by atoms with Crippen molar-refractivity contribution in [1.82, 2.24) is 9.55 Å². The molecule has 2 rings (SSSR count). The highest BCUT2D eigenvalue weighted by Gasteiger charge is 2.15. The molecule has 84 valence electrons. The highest BCUT2D eigenvalue weighted by Crippen LogP contribution is 2.26. The average Bonchev–Trinajstić information content (AvgIpc) is 2.84. The van der Waals surface area contributed by atoms with E-state index >= 15 is 0 Å². The van der Waals surface area contributed by atoms with Gasteiger partial charge >= 0.3 is 0 Å². The third-order valence-corrected chi connectivity index (χ3v) is 2.61. The minimum Gasteiger partial charge on any atom is -0.496 e. The Bertz CT molecular complexity index is 439. The smallest absolute Gasteiger partial charge is 0.124 e. The van der Waals surface area contributed by atoms with Crippen LogP contribution in [0.25, 0.3) is 0 Å². The minimum absolute atomic E-state index is 0.0682. The van der Waals surface area contributed by atoms with E-state index in [0.29, 0.717) is 6.54 Å². The summed E-state index contributed by atoms with van der Waals surface area (Å²) in [6.07, 6.45) is 5.42. The van der Waals surface area contributed by atoms with Gasteiger partial charge in [0, 0.05) is 24.5 Å². The van der Waals surface area contributed by atoms with Crippen LogP contribution >= 0.6 is 0 Å². The molecule has 16 heavy (non-hydrogen) atoms. The van der Waals surface area contributed by atoms with E-state index in [4.69, 9.17) is 10.5 Å². The molecular weight excluding hydrogens is 202 g/mol. The van der Waals surface area contributed by atoms with Crippen LogP contribution in [0.2, 0.25) is 0 Å². The number of para-hydroxylation sites is 1. The van der Waals surface area contributed by atoms with E-state index in [0.717, 1.165) is 11.3 Å². The predicted molar refractivity (Wildman–Crippen MR) is 62.4 cm³/mol. The number of benzene rings is 1. The molecule has 1 aromatic carbocycles. The summed E-state index contributed by atoms with van der Waals surface area (Å²) in [5.41, 5.74) is 6.89. The van der Waals surface area contributed by atoms with Crippen molar-refractivity contribution in [3.05, 3.63) is 48.5 Å². The SMILES string of the molecule is COc1ccccc1C(CN)n1ccnc1. The summed E-state index contributed by atoms with van der Waals surface area (Å²) < 4.78 is 7.32. The Morgan fingerprint density at radius 3 is 2.88 bits per heavy atom. The number of rotatable bonds is 4. The van der Waals surface area contributed by atoms with E-state index in [1.807, 2.05) is 35.0 Å². The highest BCUT2D eigenvalue weighted by molar-refractivity contribution is 5.36. The number of hydrogen-bond donors (Lipinski definition) is 1. The molecule has 0 bridgehead atoms. The zero-order valence-electron chi connectivity index (χ0n) is 9.21. The van der Waals surface area contributed by atoms with Gasteiger partial charge < -0.3 is 15.0 Å². The average molecular weight is 217 g/mol. The van der Waals surface area contributed by atoms with Crippen molar-refractivity contribution in [2.45, 2.75) is 6.04 Å². The number of aromatic nitrogens is 2. The van der Waals surface area contributed by atoms with Gasteiger partial charge in [-0.2, -0.15) is 0 Å². The summed E-state index contributed by atoms with van der Waals surface area (Å²) in [5, 5.41) is 0. The number of methoxy groups -OCH3 is 1. The second kappa shape index (κ2) is 4.81. The van der Waals surface area contributed by atoms with Crippen LogP contribution in [0.1, 0.15) is 11.6 Å². The lowest BCUT2D eigenvalue weighted by Crippen LogP contribution is -2.19. The Hall–Kier alpha value is -1.81. The van der Waals surface area contributed by atoms with Crippen LogP contribution in [0.5, 0.6) is 5.75 Å². The molecule has 4 nitrogen and oxygen atoms in total. The quantitative estimate of drug-likeness (QED) is 0.843. The van der Waals surface area contributed by atoms with Gasteiger partial charge in [0.15, 0.2) is 0 Å². The van der Waals surface area contributed by atoms with Crippen LogP contribution < -0.4 is 10.5 Å². The molecule has 0 aliphatic carbocycles. The Morgan fingerprint density at radius 2 is 2.25 bits per heavy atom. The number of ether oxygens (including phenoxy) is 1. The first-order chi connectivity index (χ1) is 7.86. The lowest BCUT2D eigenvalue weighted by molar-refractivity contribution is 0.401. The molecule has 2 N–H and O–H groups in total. The van der Waals surface area contributed by atoms with Crippen molar-refractivity contribution in [3.8, 4) is 5.75 Å². The number of nitrogens with two attached hydrogens (primary N) is 1. The topological polar surface area (TPSA) is 53.1 Å². The Kier molecular flexibility index (Phi) is 3.22. The van der Waals surface area contributed by atoms with Gasteiger partial charge in [-0.25, -0.2) is 4.98 Å². The molecule has 1 unspecified atom stereocenters. The minimum atomic E-state index is 0.0682. The fourth-order valence-electron chi connectivity index (χ4n) is 1.80. The molecule has 1 atom stereocenters. The fraction of sp³-hybridized carbons (Fsp3) is 0.250. The first kappa shape index (κ1) is 10.7. The molecule has 0 aliphatic rings. The van der Waals surface area contributed by atoms with E-state index in [9.17, 15) is 0 Å². The van der Waals surface area contributed by atoms with Crippen LogP contribution in [0.4, 0.5) is 0 Å². The summed E-state index contributed by atoms with van der Waals surface area (Å²) in [5.74, 6) is 0.853. The third-order valence-electron chi connectivity index (χ3n) is 2.61. The molecule has 0 aliphatic heterocycles. The fourth-order valence-corrected chi connectivity index (χ4v) is 1.80. The first-order valence-corrected chi connectivity index (χ1v) is 5.17. The van der Waals surface area contributed by atoms with Gasteiger partial charge in [0.1, 0.15) is 5.75 Å². The molecule has 0 amide bonds. The summed E-state index contributed by atoms with van der Waals surface area (Å²) in [6, 6.07) is 7.96. The van der Waals surface area contributed by atoms with Crippen molar-refractivity contribution >= 4 is 0 Å². The van der Waals surface area contributed by atoms with E-state index in [-0.39, 0.29) is 6.04 Å². The van der Waals surface area contributed by atoms with Crippen LogP contribution in [-0.4, -0.2) is 23.2 Å². The lowest BCUT2D eigenvalue weighted by atomic mass is 10.1. The van der Waals surface area contributed by atoms with E-state index in [1.165, 1.54) is 0 Å². The maximum atomic E-state index is 5.82. The molecule has 2 aromatic rings. The molecule has 0 spiro atoms. The second-order valence-corrected chi connectivity index (χ2v) is 3.50. The van der Waals surface area contributed by atoms with E-state index < -0.39 is 0 Å². The standard InChI is InChI=1S/C12H15N3O/c1-16-12-5-3-2-4-10(12)11(8-13)15-7-6-14-9-15/h2-7,9,11H,8,13H2,1H3. The first-order valence-electron chi connectivity index (χ1n) is 5.17. The zero-order chi connectivity index (χ0) is 11.4. The summed E-state index contributed by atoms with van der Waals surface area (Å²) >= 11 is 0. The number of hydrogen-bond acceptors (Lipinski definition) is 3. The van der Waals surface area contributed by atoms with Crippen molar-refractivity contribution in [1.29, 1.82) is 0 Å². The molecule has 0 saturated heterocycles. The van der Waals surface area contributed by atoms with Crippen molar-refractivity contribution in [2.75, 3.05) is 13.7 Å². The largest absolute Gasteiger partial charge is 0.496 e. The molecule has 0 fully saturated rings. The molecule has 0 radical (unpaired) electrons. The zero-order valence-corrected chi connectivity index (χ0v) is 9.21. The normalized spacial score (nSPS) is 12.4. The monoisotopic (exact) mass is 217 g/mol. The summed E-state index contributed by atoms with van der Waals surface area (Å²) in [7, 11) is 1.67. The van der Waals surface area contributed by atoms with Gasteiger partial charge in [-0.3, -0.25) is 0 Å². The Labute approximate surface area is 94.7 Å². The van der Waals surface area contributed by atoms with Crippen LogP contribution in [0.3, 0.4) is 0 Å². The molecular formula is C12H15N3O. The van der Waals surface area contributed by atoms with Gasteiger partial charge in [0.05, 0.1) is 19.5 Å². The lowest BCUT2D eigenvalue weighted by Gasteiger charge is -2.19. The van der Waals surface area contributed by atoms with Crippen LogP contribution in [-0.2, 0) is 0 Å². The molecule has 1 heterocycles. The predicted octanol–water partition coefficient (Wildman–Crippen LogP) is 1.44. The second-order valence-electron chi connectivity index (χ2n) is 3.50. The number of imidazole rings is 1. The van der Waals surface area contributed by atoms with E-state index in [2.05, 4.69) is 4.98 Å². The molecule has 0 saturated carbocycles. The van der Waals surface area contributed by atoms with Gasteiger partial charge in [-0.05, 0) is 6.07 Å². The summed E-state index contributed by atoms with van der Waals surface area (Å²) in [4.78, 5) is 4.04. The van der Waals surface area contributed by atoms with Crippen molar-refractivity contribution in [2.24, 2.45) is 5.73 Å². The molecule has 4 heteroatoms. The highest BCUT2D eigenvalue weighted by atomic mass is 16.5. The van der Waals surface area contributed by atoms with E-state index in [1.54, 1.807) is 19.6 Å². The van der Waals surface area contributed by atoms with Crippen molar-refractivity contribution in [3.63, 3.8) is 0 Å². The van der Waals surface area contributed by atoms with Gasteiger partial charge in [-0.15, -0.1) is 0 Å². The maximum absolute atomic E-state index is 5.82. The maximum Gasteiger partial charge on any atom is 0.124 e. The van der Waals surface area contributed by atoms with Gasteiger partial charge in [0.25, 0.3) is 0 Å². The number of nitrogens with zero attached hydrogens (tertiary/aromatic N) is 2. The van der Waals surface area contributed by atoms with Gasteiger partial charge in [-0.1, -0.05) is 18.2 Å². The Morgan fingerprint density at radius 1 is 1.44 bits per heavy atom. The van der Waals surface area contributed by atoms with Gasteiger partial charge in [0.2, 0.25) is 0 Å². The van der Waals surface area contributed by atoms with Crippen LogP contribution in [0.15, 0.2) is 43.0 Å².